The Kier molecular flexibility index (Phi) is 6.78. The third-order valence-corrected chi connectivity index (χ3v) is 7.74. The second kappa shape index (κ2) is 8.93. The lowest BCUT2D eigenvalue weighted by Crippen LogP contribution is -2.46. The Morgan fingerprint density at radius 1 is 1.04 bits per heavy atom. The molecule has 156 valence electrons. The first-order chi connectivity index (χ1) is 13.3. The molecular formula is C21H33N3O3S. The number of nitrogens with zero attached hydrogens (tertiary/aromatic N) is 2. The number of hydrogen-bond donors (Lipinski definition) is 1. The number of rotatable bonds is 6. The van der Waals surface area contributed by atoms with Crippen molar-refractivity contribution < 1.29 is 13.2 Å². The Morgan fingerprint density at radius 3 is 2.18 bits per heavy atom. The van der Waals surface area contributed by atoms with Crippen LogP contribution >= 0.6 is 0 Å². The monoisotopic (exact) mass is 407 g/mol. The number of hydrogen-bond acceptors (Lipinski definition) is 4. The fourth-order valence-corrected chi connectivity index (χ4v) is 6.18. The van der Waals surface area contributed by atoms with E-state index in [0.717, 1.165) is 42.6 Å². The van der Waals surface area contributed by atoms with E-state index in [2.05, 4.69) is 9.62 Å². The number of carbonyl (C=O) groups is 1. The third kappa shape index (κ3) is 4.93. The molecule has 1 aromatic carbocycles. The highest BCUT2D eigenvalue weighted by molar-refractivity contribution is 7.89. The van der Waals surface area contributed by atoms with Crippen LogP contribution in [-0.2, 0) is 14.8 Å². The maximum atomic E-state index is 12.7. The van der Waals surface area contributed by atoms with Gasteiger partial charge >= 0.3 is 0 Å². The van der Waals surface area contributed by atoms with E-state index in [1.807, 2.05) is 37.8 Å². The molecule has 0 spiro atoms. The van der Waals surface area contributed by atoms with Gasteiger partial charge in [0.15, 0.2) is 0 Å². The van der Waals surface area contributed by atoms with Crippen molar-refractivity contribution in [1.29, 1.82) is 0 Å². The molecule has 2 aliphatic heterocycles. The molecule has 1 amide bonds. The zero-order valence-electron chi connectivity index (χ0n) is 17.3. The number of amides is 1. The largest absolute Gasteiger partial charge is 0.343 e. The lowest BCUT2D eigenvalue weighted by molar-refractivity contribution is -0.132. The SMILES string of the molecule is Cc1cc(C)c(S(=O)(=O)NCCC(=O)N2CCC(N3CCCC3)CC2)c(C)c1. The van der Waals surface area contributed by atoms with Crippen molar-refractivity contribution in [3.63, 3.8) is 0 Å². The van der Waals surface area contributed by atoms with Gasteiger partial charge < -0.3 is 9.80 Å². The fraction of sp³-hybridized carbons (Fsp3) is 0.667. The topological polar surface area (TPSA) is 69.7 Å². The first kappa shape index (κ1) is 21.3. The first-order valence-electron chi connectivity index (χ1n) is 10.4. The molecule has 3 rings (SSSR count). The van der Waals surface area contributed by atoms with Crippen LogP contribution in [0.3, 0.4) is 0 Å². The molecule has 2 saturated heterocycles. The van der Waals surface area contributed by atoms with Crippen LogP contribution in [0, 0.1) is 20.8 Å². The van der Waals surface area contributed by atoms with Gasteiger partial charge in [0.25, 0.3) is 0 Å². The van der Waals surface area contributed by atoms with Gasteiger partial charge in [-0.2, -0.15) is 0 Å². The molecule has 2 heterocycles. The van der Waals surface area contributed by atoms with Crippen LogP contribution in [-0.4, -0.2) is 62.9 Å². The lowest BCUT2D eigenvalue weighted by atomic mass is 10.0. The maximum absolute atomic E-state index is 12.7. The number of carbonyl (C=O) groups excluding carboxylic acids is 1. The summed E-state index contributed by atoms with van der Waals surface area (Å²) in [6.07, 6.45) is 4.84. The molecule has 28 heavy (non-hydrogen) atoms. The van der Waals surface area contributed by atoms with Gasteiger partial charge in [0, 0.05) is 32.1 Å². The summed E-state index contributed by atoms with van der Waals surface area (Å²) in [6.45, 7) is 9.66. The number of aryl methyl sites for hydroxylation is 3. The number of likely N-dealkylation sites (tertiary alicyclic amines) is 2. The Morgan fingerprint density at radius 2 is 1.61 bits per heavy atom. The zero-order chi connectivity index (χ0) is 20.3. The van der Waals surface area contributed by atoms with Gasteiger partial charge in [-0.1, -0.05) is 17.7 Å². The van der Waals surface area contributed by atoms with Crippen molar-refractivity contribution in [2.24, 2.45) is 0 Å². The van der Waals surface area contributed by atoms with Crippen molar-refractivity contribution in [3.05, 3.63) is 28.8 Å². The van der Waals surface area contributed by atoms with Gasteiger partial charge in [-0.15, -0.1) is 0 Å². The minimum Gasteiger partial charge on any atom is -0.343 e. The fourth-order valence-electron chi connectivity index (χ4n) is 4.70. The normalized spacial score (nSPS) is 19.3. The van der Waals surface area contributed by atoms with Crippen LogP contribution in [0.15, 0.2) is 17.0 Å². The molecule has 0 unspecified atom stereocenters. The molecule has 2 fully saturated rings. The number of sulfonamides is 1. The quantitative estimate of drug-likeness (QED) is 0.786. The Balaban J connectivity index is 1.49. The average molecular weight is 408 g/mol. The number of piperidine rings is 1. The summed E-state index contributed by atoms with van der Waals surface area (Å²) in [5.41, 5.74) is 2.52. The van der Waals surface area contributed by atoms with Crippen LogP contribution < -0.4 is 4.72 Å². The summed E-state index contributed by atoms with van der Waals surface area (Å²) in [4.78, 5) is 17.3. The molecule has 0 radical (unpaired) electrons. The number of benzene rings is 1. The highest BCUT2D eigenvalue weighted by atomic mass is 32.2. The molecule has 2 aliphatic rings. The van der Waals surface area contributed by atoms with E-state index in [1.165, 1.54) is 25.9 Å². The highest BCUT2D eigenvalue weighted by Gasteiger charge is 2.28. The summed E-state index contributed by atoms with van der Waals surface area (Å²) in [5, 5.41) is 0. The summed E-state index contributed by atoms with van der Waals surface area (Å²) in [6, 6.07) is 4.35. The minimum atomic E-state index is -3.61. The molecule has 1 aromatic rings. The Hall–Kier alpha value is -1.44. The summed E-state index contributed by atoms with van der Waals surface area (Å²) in [7, 11) is -3.61. The molecular weight excluding hydrogens is 374 g/mol. The van der Waals surface area contributed by atoms with Crippen LogP contribution in [0.2, 0.25) is 0 Å². The van der Waals surface area contributed by atoms with Crippen molar-refractivity contribution in [2.45, 2.75) is 63.8 Å². The molecule has 7 heteroatoms. The van der Waals surface area contributed by atoms with E-state index in [1.54, 1.807) is 0 Å². The standard InChI is InChI=1S/C21H33N3O3S/c1-16-14-17(2)21(18(3)15-16)28(26,27)22-9-6-20(25)24-12-7-19(8-13-24)23-10-4-5-11-23/h14-15,19,22H,4-13H2,1-3H3. The molecule has 0 atom stereocenters. The second-order valence-electron chi connectivity index (χ2n) is 8.23. The molecule has 0 bridgehead atoms. The van der Waals surface area contributed by atoms with Gasteiger partial charge in [-0.05, 0) is 70.7 Å². The van der Waals surface area contributed by atoms with Crippen LogP contribution in [0.5, 0.6) is 0 Å². The van der Waals surface area contributed by atoms with Crippen LogP contribution in [0.4, 0.5) is 0 Å². The Bertz CT molecular complexity index is 785. The predicted octanol–water partition coefficient (Wildman–Crippen LogP) is 2.37. The van der Waals surface area contributed by atoms with E-state index in [-0.39, 0.29) is 18.9 Å². The highest BCUT2D eigenvalue weighted by Crippen LogP contribution is 2.23. The smallest absolute Gasteiger partial charge is 0.241 e. The van der Waals surface area contributed by atoms with E-state index >= 15 is 0 Å². The summed E-state index contributed by atoms with van der Waals surface area (Å²) >= 11 is 0. The average Bonchev–Trinajstić information content (AvgIpc) is 3.15. The lowest BCUT2D eigenvalue weighted by Gasteiger charge is -2.36. The van der Waals surface area contributed by atoms with Gasteiger partial charge in [0.1, 0.15) is 0 Å². The van der Waals surface area contributed by atoms with Gasteiger partial charge in [0.2, 0.25) is 15.9 Å². The summed E-state index contributed by atoms with van der Waals surface area (Å²) in [5.74, 6) is 0.0416. The summed E-state index contributed by atoms with van der Waals surface area (Å²) < 4.78 is 28.0. The van der Waals surface area contributed by atoms with E-state index in [0.29, 0.717) is 10.9 Å². The third-order valence-electron chi connectivity index (χ3n) is 5.98. The van der Waals surface area contributed by atoms with E-state index in [9.17, 15) is 13.2 Å². The van der Waals surface area contributed by atoms with Crippen molar-refractivity contribution >= 4 is 15.9 Å². The van der Waals surface area contributed by atoms with Crippen molar-refractivity contribution in [3.8, 4) is 0 Å². The molecule has 1 N–H and O–H groups in total. The van der Waals surface area contributed by atoms with E-state index in [4.69, 9.17) is 0 Å². The molecule has 0 aliphatic carbocycles. The molecule has 0 aromatic heterocycles. The van der Waals surface area contributed by atoms with Gasteiger partial charge in [0.05, 0.1) is 4.90 Å². The first-order valence-corrected chi connectivity index (χ1v) is 11.9. The maximum Gasteiger partial charge on any atom is 0.241 e. The van der Waals surface area contributed by atoms with Crippen LogP contribution in [0.25, 0.3) is 0 Å². The molecule has 6 nitrogen and oxygen atoms in total. The van der Waals surface area contributed by atoms with Gasteiger partial charge in [-0.3, -0.25) is 4.79 Å². The van der Waals surface area contributed by atoms with Gasteiger partial charge in [-0.25, -0.2) is 13.1 Å². The number of nitrogens with one attached hydrogen (secondary N) is 1. The minimum absolute atomic E-state index is 0.0416. The van der Waals surface area contributed by atoms with Crippen molar-refractivity contribution in [2.75, 3.05) is 32.7 Å². The van der Waals surface area contributed by atoms with E-state index < -0.39 is 10.0 Å². The predicted molar refractivity (Wildman–Crippen MR) is 111 cm³/mol. The molecule has 0 saturated carbocycles. The Labute approximate surface area is 169 Å². The van der Waals surface area contributed by atoms with Crippen molar-refractivity contribution in [1.82, 2.24) is 14.5 Å². The second-order valence-corrected chi connectivity index (χ2v) is 9.93. The zero-order valence-corrected chi connectivity index (χ0v) is 18.1. The van der Waals surface area contributed by atoms with Crippen LogP contribution in [0.1, 0.15) is 48.8 Å².